The number of ether oxygens (including phenoxy) is 1. The molecule has 6 heteroatoms. The zero-order valence-electron chi connectivity index (χ0n) is 10.8. The van der Waals surface area contributed by atoms with Gasteiger partial charge in [-0.3, -0.25) is 0 Å². The summed E-state index contributed by atoms with van der Waals surface area (Å²) in [5, 5.41) is 3.30. The zero-order chi connectivity index (χ0) is 13.5. The summed E-state index contributed by atoms with van der Waals surface area (Å²) in [4.78, 5) is 0. The third-order valence-electron chi connectivity index (χ3n) is 3.55. The second-order valence-electron chi connectivity index (χ2n) is 4.92. The van der Waals surface area contributed by atoms with Gasteiger partial charge in [-0.05, 0) is 24.7 Å². The van der Waals surface area contributed by atoms with Crippen molar-refractivity contribution in [2.24, 2.45) is 5.41 Å². The molecule has 0 spiro atoms. The largest absolute Gasteiger partial charge is 0.441 e. The molecular formula is C12H22F3NOS. The summed E-state index contributed by atoms with van der Waals surface area (Å²) < 4.78 is 41.4. The molecule has 0 aromatic carbocycles. The quantitative estimate of drug-likeness (QED) is 0.690. The number of nitrogens with one attached hydrogen (secondary N) is 1. The molecule has 0 radical (unpaired) electrons. The van der Waals surface area contributed by atoms with Crippen LogP contribution in [-0.4, -0.2) is 38.1 Å². The number of hydrogen-bond acceptors (Lipinski definition) is 3. The molecule has 2 nitrogen and oxygen atoms in total. The maximum atomic E-state index is 12.1. The van der Waals surface area contributed by atoms with Gasteiger partial charge in [0.2, 0.25) is 0 Å². The molecule has 18 heavy (non-hydrogen) atoms. The zero-order valence-corrected chi connectivity index (χ0v) is 11.6. The Balaban J connectivity index is 2.29. The van der Waals surface area contributed by atoms with Gasteiger partial charge in [0.15, 0.2) is 0 Å². The van der Waals surface area contributed by atoms with Crippen molar-refractivity contribution in [1.29, 1.82) is 0 Å². The second-order valence-corrected chi connectivity index (χ2v) is 6.08. The SMILES string of the molecule is COCCNCC1(CCSC(F)(F)F)CCCC1. The fraction of sp³-hybridized carbons (Fsp3) is 1.00. The van der Waals surface area contributed by atoms with Crippen LogP contribution < -0.4 is 5.32 Å². The van der Waals surface area contributed by atoms with Gasteiger partial charge in [-0.1, -0.05) is 24.6 Å². The van der Waals surface area contributed by atoms with E-state index in [1.165, 1.54) is 0 Å². The average molecular weight is 285 g/mol. The lowest BCUT2D eigenvalue weighted by atomic mass is 9.83. The van der Waals surface area contributed by atoms with Crippen molar-refractivity contribution in [3.05, 3.63) is 0 Å². The molecule has 108 valence electrons. The second kappa shape index (κ2) is 7.60. The van der Waals surface area contributed by atoms with Crippen LogP contribution in [0.4, 0.5) is 13.2 Å². The van der Waals surface area contributed by atoms with Crippen molar-refractivity contribution in [3.8, 4) is 0 Å². The van der Waals surface area contributed by atoms with Gasteiger partial charge >= 0.3 is 5.51 Å². The first-order valence-electron chi connectivity index (χ1n) is 6.38. The average Bonchev–Trinajstić information content (AvgIpc) is 2.72. The van der Waals surface area contributed by atoms with E-state index in [2.05, 4.69) is 5.32 Å². The van der Waals surface area contributed by atoms with Gasteiger partial charge in [0, 0.05) is 26.0 Å². The van der Waals surface area contributed by atoms with E-state index in [1.807, 2.05) is 0 Å². The van der Waals surface area contributed by atoms with Crippen molar-refractivity contribution < 1.29 is 17.9 Å². The first kappa shape index (κ1) is 16.1. The monoisotopic (exact) mass is 285 g/mol. The van der Waals surface area contributed by atoms with E-state index >= 15 is 0 Å². The highest BCUT2D eigenvalue weighted by molar-refractivity contribution is 8.00. The number of hydrogen-bond donors (Lipinski definition) is 1. The number of halogens is 3. The van der Waals surface area contributed by atoms with Crippen molar-refractivity contribution in [3.63, 3.8) is 0 Å². The Morgan fingerprint density at radius 3 is 2.50 bits per heavy atom. The van der Waals surface area contributed by atoms with Gasteiger partial charge in [-0.15, -0.1) is 0 Å². The Hall–Kier alpha value is 0.0600. The summed E-state index contributed by atoms with van der Waals surface area (Å²) in [6.45, 7) is 2.23. The molecule has 1 aliphatic rings. The summed E-state index contributed by atoms with van der Waals surface area (Å²) in [5.74, 6) is 0.176. The van der Waals surface area contributed by atoms with Crippen LogP contribution in [0, 0.1) is 5.41 Å². The molecule has 0 bridgehead atoms. The molecule has 0 unspecified atom stereocenters. The van der Waals surface area contributed by atoms with Gasteiger partial charge < -0.3 is 10.1 Å². The van der Waals surface area contributed by atoms with Crippen LogP contribution in [0.15, 0.2) is 0 Å². The van der Waals surface area contributed by atoms with Crippen molar-refractivity contribution in [2.75, 3.05) is 32.6 Å². The molecule has 0 amide bonds. The molecule has 1 aliphatic carbocycles. The lowest BCUT2D eigenvalue weighted by Gasteiger charge is -2.29. The highest BCUT2D eigenvalue weighted by Gasteiger charge is 2.35. The first-order valence-corrected chi connectivity index (χ1v) is 7.36. The maximum absolute atomic E-state index is 12.1. The standard InChI is InChI=1S/C12H22F3NOS/c1-17-8-7-16-10-11(4-2-3-5-11)6-9-18-12(13,14)15/h16H,2-10H2,1H3. The molecule has 0 heterocycles. The summed E-state index contributed by atoms with van der Waals surface area (Å²) in [7, 11) is 1.65. The number of methoxy groups -OCH3 is 1. The normalized spacial score (nSPS) is 19.3. The number of alkyl halides is 3. The maximum Gasteiger partial charge on any atom is 0.441 e. The molecule has 1 N–H and O–H groups in total. The number of rotatable bonds is 8. The minimum Gasteiger partial charge on any atom is -0.383 e. The predicted octanol–water partition coefficient (Wildman–Crippen LogP) is 3.43. The van der Waals surface area contributed by atoms with Gasteiger partial charge in [0.25, 0.3) is 0 Å². The molecular weight excluding hydrogens is 263 g/mol. The summed E-state index contributed by atoms with van der Waals surface area (Å²) in [6, 6.07) is 0. The van der Waals surface area contributed by atoms with E-state index < -0.39 is 5.51 Å². The topological polar surface area (TPSA) is 21.3 Å². The van der Waals surface area contributed by atoms with Gasteiger partial charge in [-0.25, -0.2) is 0 Å². The number of thioether (sulfide) groups is 1. The van der Waals surface area contributed by atoms with Crippen molar-refractivity contribution in [2.45, 2.75) is 37.6 Å². The highest BCUT2D eigenvalue weighted by Crippen LogP contribution is 2.43. The summed E-state index contributed by atoms with van der Waals surface area (Å²) in [6.07, 6.45) is 5.03. The third-order valence-corrected chi connectivity index (χ3v) is 4.28. The Labute approximate surface area is 111 Å². The Morgan fingerprint density at radius 2 is 1.94 bits per heavy atom. The lowest BCUT2D eigenvalue weighted by molar-refractivity contribution is -0.0329. The molecule has 0 saturated heterocycles. The molecule has 1 rings (SSSR count). The predicted molar refractivity (Wildman–Crippen MR) is 68.8 cm³/mol. The Morgan fingerprint density at radius 1 is 1.28 bits per heavy atom. The molecule has 0 aliphatic heterocycles. The molecule has 0 atom stereocenters. The van der Waals surface area contributed by atoms with E-state index in [9.17, 15) is 13.2 Å². The Bertz CT molecular complexity index is 230. The van der Waals surface area contributed by atoms with E-state index in [1.54, 1.807) is 7.11 Å². The van der Waals surface area contributed by atoms with Crippen LogP contribution in [0.25, 0.3) is 0 Å². The van der Waals surface area contributed by atoms with E-state index in [0.29, 0.717) is 13.0 Å². The van der Waals surface area contributed by atoms with Crippen LogP contribution in [0.3, 0.4) is 0 Å². The van der Waals surface area contributed by atoms with Crippen molar-refractivity contribution in [1.82, 2.24) is 5.32 Å². The minimum absolute atomic E-state index is 0.0754. The first-order chi connectivity index (χ1) is 8.47. The fourth-order valence-electron chi connectivity index (χ4n) is 2.55. The highest BCUT2D eigenvalue weighted by atomic mass is 32.2. The third kappa shape index (κ3) is 6.29. The smallest absolute Gasteiger partial charge is 0.383 e. The van der Waals surface area contributed by atoms with E-state index in [-0.39, 0.29) is 22.9 Å². The molecule has 1 saturated carbocycles. The van der Waals surface area contributed by atoms with Crippen LogP contribution >= 0.6 is 11.8 Å². The van der Waals surface area contributed by atoms with Crippen LogP contribution in [0.2, 0.25) is 0 Å². The molecule has 1 fully saturated rings. The minimum atomic E-state index is -4.09. The lowest BCUT2D eigenvalue weighted by Crippen LogP contribution is -2.34. The van der Waals surface area contributed by atoms with E-state index in [4.69, 9.17) is 4.74 Å². The van der Waals surface area contributed by atoms with Crippen LogP contribution in [0.5, 0.6) is 0 Å². The molecule has 0 aromatic rings. The van der Waals surface area contributed by atoms with Crippen LogP contribution in [-0.2, 0) is 4.74 Å². The van der Waals surface area contributed by atoms with Gasteiger partial charge in [0.05, 0.1) is 6.61 Å². The van der Waals surface area contributed by atoms with Crippen molar-refractivity contribution >= 4 is 11.8 Å². The summed E-state index contributed by atoms with van der Waals surface area (Å²) >= 11 is 0.110. The summed E-state index contributed by atoms with van der Waals surface area (Å²) in [5.41, 5.74) is -4.02. The fourth-order valence-corrected chi connectivity index (χ4v) is 3.32. The van der Waals surface area contributed by atoms with E-state index in [0.717, 1.165) is 38.8 Å². The van der Waals surface area contributed by atoms with Gasteiger partial charge in [-0.2, -0.15) is 13.2 Å². The molecule has 0 aromatic heterocycles. The Kier molecular flexibility index (Phi) is 6.81. The van der Waals surface area contributed by atoms with Gasteiger partial charge in [0.1, 0.15) is 0 Å². The van der Waals surface area contributed by atoms with Crippen LogP contribution in [0.1, 0.15) is 32.1 Å².